The molecule has 0 bridgehead atoms. The zero-order chi connectivity index (χ0) is 16.9. The number of nitrogens with two attached hydrogens (primary N) is 1. The van der Waals surface area contributed by atoms with Crippen molar-refractivity contribution in [3.05, 3.63) is 28.6 Å². The Labute approximate surface area is 169 Å². The maximum Gasteiger partial charge on any atom is 0.191 e. The summed E-state index contributed by atoms with van der Waals surface area (Å²) in [7, 11) is 0. The largest absolute Gasteiger partial charge is 0.370 e. The first-order chi connectivity index (χ1) is 11.6. The predicted octanol–water partition coefficient (Wildman–Crippen LogP) is 2.44. The molecule has 1 fully saturated rings. The van der Waals surface area contributed by atoms with E-state index in [4.69, 9.17) is 10.3 Å². The smallest absolute Gasteiger partial charge is 0.191 e. The molecule has 0 atom stereocenters. The van der Waals surface area contributed by atoms with E-state index in [-0.39, 0.29) is 24.0 Å². The molecule has 2 aromatic heterocycles. The standard InChI is InChI=1S/C16H24N6OS.HI/c1-12-14(13(2)23-20-12)4-3-5-18-15(17)21-7-9-22(10-8-21)16-19-6-11-24-16;/h6,11H,3-5,7-10H2,1-2H3,(H2,17,18);1H. The third kappa shape index (κ3) is 5.06. The number of aryl methyl sites for hydroxylation is 2. The van der Waals surface area contributed by atoms with Crippen molar-refractivity contribution < 1.29 is 4.52 Å². The van der Waals surface area contributed by atoms with Gasteiger partial charge in [0.05, 0.1) is 5.69 Å². The molecule has 0 spiro atoms. The third-order valence-corrected chi connectivity index (χ3v) is 5.17. The molecular formula is C16H25IN6OS. The molecule has 0 saturated carbocycles. The van der Waals surface area contributed by atoms with Crippen LogP contribution in [0, 0.1) is 13.8 Å². The average molecular weight is 476 g/mol. The Hall–Kier alpha value is -1.36. The molecule has 9 heteroatoms. The molecule has 2 aromatic rings. The number of hydrogen-bond donors (Lipinski definition) is 1. The summed E-state index contributed by atoms with van der Waals surface area (Å²) in [5.41, 5.74) is 8.32. The molecule has 1 saturated heterocycles. The second-order valence-corrected chi connectivity index (χ2v) is 6.81. The van der Waals surface area contributed by atoms with Gasteiger partial charge in [0, 0.05) is 49.9 Å². The Morgan fingerprint density at radius 1 is 1.32 bits per heavy atom. The van der Waals surface area contributed by atoms with Gasteiger partial charge in [0.15, 0.2) is 11.1 Å². The van der Waals surface area contributed by atoms with Gasteiger partial charge < -0.3 is 20.1 Å². The van der Waals surface area contributed by atoms with E-state index in [9.17, 15) is 0 Å². The van der Waals surface area contributed by atoms with Gasteiger partial charge in [-0.2, -0.15) is 0 Å². The van der Waals surface area contributed by atoms with Crippen LogP contribution in [0.4, 0.5) is 5.13 Å². The molecule has 0 aliphatic carbocycles. The monoisotopic (exact) mass is 476 g/mol. The van der Waals surface area contributed by atoms with E-state index in [0.29, 0.717) is 5.96 Å². The minimum atomic E-state index is 0. The van der Waals surface area contributed by atoms with E-state index in [1.54, 1.807) is 11.3 Å². The number of halogens is 1. The van der Waals surface area contributed by atoms with Gasteiger partial charge in [-0.05, 0) is 26.7 Å². The highest BCUT2D eigenvalue weighted by atomic mass is 127. The van der Waals surface area contributed by atoms with Gasteiger partial charge in [-0.3, -0.25) is 4.99 Å². The molecule has 25 heavy (non-hydrogen) atoms. The zero-order valence-electron chi connectivity index (χ0n) is 14.6. The first kappa shape index (κ1) is 20.0. The summed E-state index contributed by atoms with van der Waals surface area (Å²) in [6, 6.07) is 0. The van der Waals surface area contributed by atoms with Gasteiger partial charge in [0.25, 0.3) is 0 Å². The molecule has 0 aromatic carbocycles. The van der Waals surface area contributed by atoms with Gasteiger partial charge in [0.1, 0.15) is 5.76 Å². The Kier molecular flexibility index (Phi) is 7.48. The van der Waals surface area contributed by atoms with Crippen molar-refractivity contribution in [2.75, 3.05) is 37.6 Å². The molecule has 2 N–H and O–H groups in total. The van der Waals surface area contributed by atoms with Crippen LogP contribution in [0.5, 0.6) is 0 Å². The molecule has 3 rings (SSSR count). The maximum atomic E-state index is 6.15. The number of rotatable bonds is 5. The Morgan fingerprint density at radius 3 is 2.68 bits per heavy atom. The van der Waals surface area contributed by atoms with Crippen LogP contribution >= 0.6 is 35.3 Å². The van der Waals surface area contributed by atoms with E-state index in [1.165, 1.54) is 5.56 Å². The van der Waals surface area contributed by atoms with Crippen LogP contribution in [0.3, 0.4) is 0 Å². The summed E-state index contributed by atoms with van der Waals surface area (Å²) in [5, 5.41) is 7.08. The van der Waals surface area contributed by atoms with Gasteiger partial charge in [-0.15, -0.1) is 35.3 Å². The van der Waals surface area contributed by atoms with Crippen molar-refractivity contribution in [2.24, 2.45) is 10.7 Å². The number of anilines is 1. The lowest BCUT2D eigenvalue weighted by Crippen LogP contribution is -2.51. The molecular weight excluding hydrogens is 451 g/mol. The molecule has 0 amide bonds. The molecule has 1 aliphatic heterocycles. The molecule has 138 valence electrons. The van der Waals surface area contributed by atoms with Crippen molar-refractivity contribution in [2.45, 2.75) is 26.7 Å². The summed E-state index contributed by atoms with van der Waals surface area (Å²) >= 11 is 1.68. The number of aromatic nitrogens is 2. The number of piperazine rings is 1. The summed E-state index contributed by atoms with van der Waals surface area (Å²) in [6.45, 7) is 8.30. The molecule has 0 radical (unpaired) electrons. The lowest BCUT2D eigenvalue weighted by atomic mass is 10.1. The fraction of sp³-hybridized carbons (Fsp3) is 0.562. The normalized spacial score (nSPS) is 15.4. The lowest BCUT2D eigenvalue weighted by molar-refractivity contribution is 0.380. The average Bonchev–Trinajstić information content (AvgIpc) is 3.23. The van der Waals surface area contributed by atoms with Crippen molar-refractivity contribution in [1.29, 1.82) is 0 Å². The minimum absolute atomic E-state index is 0. The third-order valence-electron chi connectivity index (χ3n) is 4.33. The Morgan fingerprint density at radius 2 is 2.08 bits per heavy atom. The highest BCUT2D eigenvalue weighted by molar-refractivity contribution is 14.0. The quantitative estimate of drug-likeness (QED) is 0.309. The second kappa shape index (κ2) is 9.37. The van der Waals surface area contributed by atoms with Crippen LogP contribution < -0.4 is 10.6 Å². The van der Waals surface area contributed by atoms with Crippen LogP contribution in [0.2, 0.25) is 0 Å². The van der Waals surface area contributed by atoms with Crippen LogP contribution in [-0.4, -0.2) is 53.7 Å². The zero-order valence-corrected chi connectivity index (χ0v) is 17.8. The highest BCUT2D eigenvalue weighted by Gasteiger charge is 2.19. The molecule has 3 heterocycles. The first-order valence-corrected chi connectivity index (χ1v) is 9.14. The predicted molar refractivity (Wildman–Crippen MR) is 112 cm³/mol. The molecule has 1 aliphatic rings. The van der Waals surface area contributed by atoms with E-state index < -0.39 is 0 Å². The lowest BCUT2D eigenvalue weighted by Gasteiger charge is -2.35. The number of thiazole rings is 1. The van der Waals surface area contributed by atoms with Gasteiger partial charge in [-0.1, -0.05) is 5.16 Å². The number of nitrogens with zero attached hydrogens (tertiary/aromatic N) is 5. The highest BCUT2D eigenvalue weighted by Crippen LogP contribution is 2.19. The van der Waals surface area contributed by atoms with Gasteiger partial charge >= 0.3 is 0 Å². The number of hydrogen-bond acceptors (Lipinski definition) is 6. The van der Waals surface area contributed by atoms with E-state index in [2.05, 4.69) is 24.9 Å². The molecule has 7 nitrogen and oxygen atoms in total. The fourth-order valence-corrected chi connectivity index (χ4v) is 3.60. The van der Waals surface area contributed by atoms with E-state index in [0.717, 1.165) is 62.2 Å². The first-order valence-electron chi connectivity index (χ1n) is 8.26. The van der Waals surface area contributed by atoms with E-state index in [1.807, 2.05) is 25.4 Å². The van der Waals surface area contributed by atoms with E-state index >= 15 is 0 Å². The van der Waals surface area contributed by atoms with Crippen molar-refractivity contribution >= 4 is 46.4 Å². The number of guanidine groups is 1. The van der Waals surface area contributed by atoms with Gasteiger partial charge in [-0.25, -0.2) is 4.98 Å². The van der Waals surface area contributed by atoms with Crippen molar-refractivity contribution in [3.63, 3.8) is 0 Å². The van der Waals surface area contributed by atoms with Crippen molar-refractivity contribution in [3.8, 4) is 0 Å². The second-order valence-electron chi connectivity index (χ2n) is 5.93. The van der Waals surface area contributed by atoms with Crippen LogP contribution in [0.25, 0.3) is 0 Å². The number of aliphatic imine (C=N–C) groups is 1. The topological polar surface area (TPSA) is 83.8 Å². The fourth-order valence-electron chi connectivity index (χ4n) is 2.91. The summed E-state index contributed by atoms with van der Waals surface area (Å²) in [6.07, 6.45) is 3.72. The summed E-state index contributed by atoms with van der Waals surface area (Å²) in [5.74, 6) is 1.55. The summed E-state index contributed by atoms with van der Waals surface area (Å²) < 4.78 is 5.18. The minimum Gasteiger partial charge on any atom is -0.370 e. The maximum absolute atomic E-state index is 6.15. The van der Waals surface area contributed by atoms with Crippen LogP contribution in [0.15, 0.2) is 21.1 Å². The van der Waals surface area contributed by atoms with Crippen molar-refractivity contribution in [1.82, 2.24) is 15.0 Å². The SMILES string of the molecule is Cc1noc(C)c1CCCN=C(N)N1CCN(c2nccs2)CC1.I. The summed E-state index contributed by atoms with van der Waals surface area (Å²) in [4.78, 5) is 13.3. The Balaban J connectivity index is 0.00000225. The molecule has 0 unspecified atom stereocenters. The van der Waals surface area contributed by atoms with Crippen LogP contribution in [-0.2, 0) is 6.42 Å². The van der Waals surface area contributed by atoms with Gasteiger partial charge in [0.2, 0.25) is 0 Å². The van der Waals surface area contributed by atoms with Crippen LogP contribution in [0.1, 0.15) is 23.4 Å². The Bertz CT molecular complexity index is 659.